The van der Waals surface area contributed by atoms with Crippen molar-refractivity contribution in [1.82, 2.24) is 4.90 Å². The van der Waals surface area contributed by atoms with Crippen molar-refractivity contribution in [3.63, 3.8) is 0 Å². The Morgan fingerprint density at radius 2 is 2.00 bits per heavy atom. The molecule has 1 saturated carbocycles. The fraction of sp³-hybridized carbons (Fsp3) is 0.611. The van der Waals surface area contributed by atoms with Crippen molar-refractivity contribution in [2.75, 3.05) is 19.0 Å². The summed E-state index contributed by atoms with van der Waals surface area (Å²) in [6.07, 6.45) is 6.29. The summed E-state index contributed by atoms with van der Waals surface area (Å²) in [4.78, 5) is 17.2. The van der Waals surface area contributed by atoms with E-state index in [1.807, 2.05) is 43.3 Å². The molecule has 0 bridgehead atoms. The number of hydrogen-bond acceptors (Lipinski definition) is 2. The second-order valence-electron chi connectivity index (χ2n) is 6.85. The topological polar surface area (TPSA) is 23.6 Å². The minimum Gasteiger partial charge on any atom is -0.378 e. The molecule has 1 aromatic rings. The van der Waals surface area contributed by atoms with Gasteiger partial charge in [-0.15, -0.1) is 0 Å². The van der Waals surface area contributed by atoms with Crippen LogP contribution in [0.2, 0.25) is 0 Å². The fourth-order valence-corrected chi connectivity index (χ4v) is 4.12. The summed E-state index contributed by atoms with van der Waals surface area (Å²) >= 11 is 0. The Morgan fingerprint density at radius 3 is 2.76 bits per heavy atom. The maximum Gasteiger partial charge on any atom is 0.254 e. The molecule has 0 radical (unpaired) electrons. The van der Waals surface area contributed by atoms with Crippen LogP contribution in [0.25, 0.3) is 0 Å². The Bertz CT molecular complexity index is 526. The summed E-state index contributed by atoms with van der Waals surface area (Å²) in [5.41, 5.74) is 1.92. The number of fused-ring (bicyclic) bond motifs is 1. The molecule has 1 aromatic carbocycles. The number of likely N-dealkylation sites (tertiary alicyclic amines) is 1. The van der Waals surface area contributed by atoms with Crippen LogP contribution >= 0.6 is 0 Å². The van der Waals surface area contributed by atoms with E-state index < -0.39 is 0 Å². The largest absolute Gasteiger partial charge is 0.378 e. The van der Waals surface area contributed by atoms with E-state index in [9.17, 15) is 4.79 Å². The first kappa shape index (κ1) is 14.4. The van der Waals surface area contributed by atoms with Crippen molar-refractivity contribution in [3.8, 4) is 0 Å². The van der Waals surface area contributed by atoms with Crippen molar-refractivity contribution in [3.05, 3.63) is 29.8 Å². The van der Waals surface area contributed by atoms with Crippen LogP contribution in [0.1, 0.15) is 49.4 Å². The molecule has 1 aliphatic heterocycles. The lowest BCUT2D eigenvalue weighted by Crippen LogP contribution is -2.42. The Morgan fingerprint density at radius 1 is 1.24 bits per heavy atom. The van der Waals surface area contributed by atoms with Crippen molar-refractivity contribution >= 4 is 11.6 Å². The quantitative estimate of drug-likeness (QED) is 0.830. The van der Waals surface area contributed by atoms with Gasteiger partial charge in [0, 0.05) is 37.4 Å². The summed E-state index contributed by atoms with van der Waals surface area (Å²) in [6, 6.07) is 8.87. The second-order valence-corrected chi connectivity index (χ2v) is 6.85. The summed E-state index contributed by atoms with van der Waals surface area (Å²) in [5, 5.41) is 0. The zero-order valence-corrected chi connectivity index (χ0v) is 13.4. The molecule has 0 spiro atoms. The predicted molar refractivity (Wildman–Crippen MR) is 86.8 cm³/mol. The molecule has 1 amide bonds. The highest BCUT2D eigenvalue weighted by atomic mass is 16.2. The van der Waals surface area contributed by atoms with Gasteiger partial charge in [-0.3, -0.25) is 4.79 Å². The molecule has 114 valence electrons. The summed E-state index contributed by atoms with van der Waals surface area (Å²) in [5.74, 6) is 0.954. The Balaban J connectivity index is 1.85. The van der Waals surface area contributed by atoms with Gasteiger partial charge < -0.3 is 9.80 Å². The highest BCUT2D eigenvalue weighted by molar-refractivity contribution is 5.95. The molecule has 1 saturated heterocycles. The highest BCUT2D eigenvalue weighted by Crippen LogP contribution is 2.40. The molecule has 3 nitrogen and oxygen atoms in total. The van der Waals surface area contributed by atoms with Gasteiger partial charge in [0.05, 0.1) is 0 Å². The van der Waals surface area contributed by atoms with Gasteiger partial charge in [-0.05, 0) is 50.3 Å². The standard InChI is InChI=1S/C18H26N2O/c1-13-11-14-7-4-5-10-17(14)20(13)18(21)15-8-6-9-16(12-15)19(2)3/h6,8-9,12-14,17H,4-5,7,10-11H2,1-3H3. The van der Waals surface area contributed by atoms with E-state index >= 15 is 0 Å². The molecule has 1 heterocycles. The number of nitrogens with zero attached hydrogens (tertiary/aromatic N) is 2. The molecule has 1 aliphatic carbocycles. The molecular formula is C18H26N2O. The Kier molecular flexibility index (Phi) is 3.92. The zero-order valence-electron chi connectivity index (χ0n) is 13.4. The molecular weight excluding hydrogens is 260 g/mol. The van der Waals surface area contributed by atoms with E-state index in [1.54, 1.807) is 0 Å². The van der Waals surface area contributed by atoms with Crippen LogP contribution in [-0.4, -0.2) is 37.0 Å². The van der Waals surface area contributed by atoms with Gasteiger partial charge in [0.25, 0.3) is 5.91 Å². The lowest BCUT2D eigenvalue weighted by Gasteiger charge is -2.33. The lowest BCUT2D eigenvalue weighted by atomic mass is 9.85. The molecule has 0 aromatic heterocycles. The van der Waals surface area contributed by atoms with Gasteiger partial charge in [-0.1, -0.05) is 18.9 Å². The van der Waals surface area contributed by atoms with E-state index in [1.165, 1.54) is 32.1 Å². The number of benzene rings is 1. The molecule has 3 unspecified atom stereocenters. The van der Waals surface area contributed by atoms with Crippen LogP contribution in [0.4, 0.5) is 5.69 Å². The smallest absolute Gasteiger partial charge is 0.254 e. The summed E-state index contributed by atoms with van der Waals surface area (Å²) < 4.78 is 0. The first-order valence-electron chi connectivity index (χ1n) is 8.18. The van der Waals surface area contributed by atoms with Crippen LogP contribution < -0.4 is 4.90 Å². The first-order valence-corrected chi connectivity index (χ1v) is 8.18. The van der Waals surface area contributed by atoms with Crippen molar-refractivity contribution < 1.29 is 4.79 Å². The Hall–Kier alpha value is -1.51. The molecule has 21 heavy (non-hydrogen) atoms. The van der Waals surface area contributed by atoms with Crippen molar-refractivity contribution in [2.45, 2.75) is 51.1 Å². The fourth-order valence-electron chi connectivity index (χ4n) is 4.12. The normalized spacial score (nSPS) is 28.3. The van der Waals surface area contributed by atoms with Gasteiger partial charge in [0.1, 0.15) is 0 Å². The Labute approximate surface area is 127 Å². The zero-order chi connectivity index (χ0) is 15.0. The van der Waals surface area contributed by atoms with E-state index in [4.69, 9.17) is 0 Å². The highest BCUT2D eigenvalue weighted by Gasteiger charge is 2.42. The van der Waals surface area contributed by atoms with Crippen LogP contribution in [0.15, 0.2) is 24.3 Å². The van der Waals surface area contributed by atoms with Crippen LogP contribution in [0, 0.1) is 5.92 Å². The van der Waals surface area contributed by atoms with Gasteiger partial charge in [0.2, 0.25) is 0 Å². The van der Waals surface area contributed by atoms with Crippen LogP contribution in [0.3, 0.4) is 0 Å². The second kappa shape index (κ2) is 5.70. The summed E-state index contributed by atoms with van der Waals surface area (Å²) in [7, 11) is 4.03. The SMILES string of the molecule is CC1CC2CCCCC2N1C(=O)c1cccc(N(C)C)c1. The van der Waals surface area contributed by atoms with Gasteiger partial charge >= 0.3 is 0 Å². The van der Waals surface area contributed by atoms with Crippen molar-refractivity contribution in [2.24, 2.45) is 5.92 Å². The monoisotopic (exact) mass is 286 g/mol. The average Bonchev–Trinajstić information content (AvgIpc) is 2.82. The molecule has 3 rings (SSSR count). The minimum absolute atomic E-state index is 0.223. The molecule has 3 atom stereocenters. The first-order chi connectivity index (χ1) is 10.1. The molecule has 3 heteroatoms. The number of rotatable bonds is 2. The maximum atomic E-state index is 13.0. The number of amides is 1. The van der Waals surface area contributed by atoms with Gasteiger partial charge in [-0.2, -0.15) is 0 Å². The molecule has 0 N–H and O–H groups in total. The van der Waals surface area contributed by atoms with Crippen molar-refractivity contribution in [1.29, 1.82) is 0 Å². The third kappa shape index (κ3) is 2.66. The predicted octanol–water partition coefficient (Wildman–Crippen LogP) is 3.55. The van der Waals surface area contributed by atoms with E-state index in [2.05, 4.69) is 11.8 Å². The van der Waals surface area contributed by atoms with Gasteiger partial charge in [-0.25, -0.2) is 0 Å². The van der Waals surface area contributed by atoms with E-state index in [0.717, 1.165) is 17.2 Å². The minimum atomic E-state index is 0.223. The third-order valence-corrected chi connectivity index (χ3v) is 5.19. The number of carbonyl (C=O) groups excluding carboxylic acids is 1. The summed E-state index contributed by atoms with van der Waals surface area (Å²) in [6.45, 7) is 2.21. The van der Waals surface area contributed by atoms with E-state index in [-0.39, 0.29) is 5.91 Å². The third-order valence-electron chi connectivity index (χ3n) is 5.19. The van der Waals surface area contributed by atoms with Gasteiger partial charge in [0.15, 0.2) is 0 Å². The van der Waals surface area contributed by atoms with E-state index in [0.29, 0.717) is 12.1 Å². The number of carbonyl (C=O) groups is 1. The molecule has 2 aliphatic rings. The van der Waals surface area contributed by atoms with Crippen LogP contribution in [-0.2, 0) is 0 Å². The average molecular weight is 286 g/mol. The lowest BCUT2D eigenvalue weighted by molar-refractivity contribution is 0.0633. The number of anilines is 1. The maximum absolute atomic E-state index is 13.0. The van der Waals surface area contributed by atoms with Crippen LogP contribution in [0.5, 0.6) is 0 Å². The molecule has 2 fully saturated rings. The number of hydrogen-bond donors (Lipinski definition) is 0.